The molecular formula is C10H9NO3S. The molecule has 1 rings (SSSR count). The first-order valence-electron chi connectivity index (χ1n) is 4.16. The first kappa shape index (κ1) is 11.4. The second-order valence-corrected chi connectivity index (χ2v) is 3.57. The van der Waals surface area contributed by atoms with Crippen molar-refractivity contribution in [1.29, 1.82) is 5.26 Å². The van der Waals surface area contributed by atoms with Crippen LogP contribution in [0, 0.1) is 11.3 Å². The summed E-state index contributed by atoms with van der Waals surface area (Å²) >= 11 is 4.01. The first-order chi connectivity index (χ1) is 7.04. The quantitative estimate of drug-likeness (QED) is 0.606. The maximum atomic E-state index is 10.6. The molecule has 0 radical (unpaired) electrons. The van der Waals surface area contributed by atoms with Crippen LogP contribution in [0.5, 0.6) is 5.75 Å². The minimum absolute atomic E-state index is 0.0608. The standard InChI is InChI=1S/C10H9NO3S/c1-6(15)14-9-3-2-7(10(12)13)4-8(9)5-11/h2-4,6,15H,1H3,(H,12,13). The molecule has 1 aromatic carbocycles. The summed E-state index contributed by atoms with van der Waals surface area (Å²) in [6, 6.07) is 5.98. The lowest BCUT2D eigenvalue weighted by Gasteiger charge is -2.10. The van der Waals surface area contributed by atoms with E-state index < -0.39 is 5.97 Å². The van der Waals surface area contributed by atoms with Crippen LogP contribution in [0.25, 0.3) is 0 Å². The van der Waals surface area contributed by atoms with Crippen molar-refractivity contribution in [1.82, 2.24) is 0 Å². The molecule has 0 aromatic heterocycles. The molecule has 1 N–H and O–H groups in total. The number of carboxylic acids is 1. The van der Waals surface area contributed by atoms with Gasteiger partial charge in [0.05, 0.1) is 11.1 Å². The van der Waals surface area contributed by atoms with E-state index in [1.54, 1.807) is 6.92 Å². The van der Waals surface area contributed by atoms with E-state index in [0.717, 1.165) is 0 Å². The number of nitrogens with zero attached hydrogens (tertiary/aromatic N) is 1. The van der Waals surface area contributed by atoms with E-state index in [9.17, 15) is 4.79 Å². The highest BCUT2D eigenvalue weighted by atomic mass is 32.1. The molecule has 1 unspecified atom stereocenters. The zero-order chi connectivity index (χ0) is 11.4. The highest BCUT2D eigenvalue weighted by molar-refractivity contribution is 7.80. The van der Waals surface area contributed by atoms with Crippen molar-refractivity contribution in [2.24, 2.45) is 0 Å². The van der Waals surface area contributed by atoms with Crippen LogP contribution < -0.4 is 4.74 Å². The number of aromatic carboxylic acids is 1. The lowest BCUT2D eigenvalue weighted by atomic mass is 10.1. The molecule has 78 valence electrons. The van der Waals surface area contributed by atoms with Crippen molar-refractivity contribution in [2.75, 3.05) is 0 Å². The minimum Gasteiger partial charge on any atom is -0.479 e. The molecule has 0 aliphatic rings. The number of ether oxygens (including phenoxy) is 1. The van der Waals surface area contributed by atoms with Crippen LogP contribution in [0.1, 0.15) is 22.8 Å². The van der Waals surface area contributed by atoms with Gasteiger partial charge in [0.25, 0.3) is 0 Å². The number of carboxylic acid groups (broad SMARTS) is 1. The average molecular weight is 223 g/mol. The second-order valence-electron chi connectivity index (χ2n) is 2.85. The topological polar surface area (TPSA) is 70.3 Å². The highest BCUT2D eigenvalue weighted by Crippen LogP contribution is 2.21. The van der Waals surface area contributed by atoms with Crippen LogP contribution in [0.3, 0.4) is 0 Å². The lowest BCUT2D eigenvalue weighted by molar-refractivity contribution is 0.0697. The Morgan fingerprint density at radius 1 is 1.67 bits per heavy atom. The predicted molar refractivity (Wildman–Crippen MR) is 57.2 cm³/mol. The van der Waals surface area contributed by atoms with Crippen molar-refractivity contribution in [2.45, 2.75) is 12.4 Å². The third-order valence-electron chi connectivity index (χ3n) is 1.64. The van der Waals surface area contributed by atoms with Crippen molar-refractivity contribution < 1.29 is 14.6 Å². The minimum atomic E-state index is -1.07. The highest BCUT2D eigenvalue weighted by Gasteiger charge is 2.10. The predicted octanol–water partition coefficient (Wildman–Crippen LogP) is 1.91. The summed E-state index contributed by atoms with van der Waals surface area (Å²) in [6.07, 6.45) is 0. The number of rotatable bonds is 3. The Kier molecular flexibility index (Phi) is 3.58. The number of thiol groups is 1. The van der Waals surface area contributed by atoms with Crippen LogP contribution in [0.2, 0.25) is 0 Å². The van der Waals surface area contributed by atoms with Crippen molar-refractivity contribution >= 4 is 18.6 Å². The summed E-state index contributed by atoms with van der Waals surface area (Å²) in [7, 11) is 0. The van der Waals surface area contributed by atoms with Gasteiger partial charge in [-0.15, -0.1) is 12.6 Å². The Labute approximate surface area is 92.5 Å². The molecule has 0 bridgehead atoms. The summed E-state index contributed by atoms with van der Waals surface area (Å²) < 4.78 is 5.22. The molecule has 0 saturated heterocycles. The SMILES string of the molecule is CC(S)Oc1ccc(C(=O)O)cc1C#N. The van der Waals surface area contributed by atoms with Gasteiger partial charge < -0.3 is 9.84 Å². The maximum Gasteiger partial charge on any atom is 0.335 e. The summed E-state index contributed by atoms with van der Waals surface area (Å²) in [5, 5.41) is 17.5. The molecule has 4 nitrogen and oxygen atoms in total. The van der Waals surface area contributed by atoms with Gasteiger partial charge in [0.15, 0.2) is 0 Å². The number of carbonyl (C=O) groups is 1. The fraction of sp³-hybridized carbons (Fsp3) is 0.200. The number of hydrogen-bond acceptors (Lipinski definition) is 4. The van der Waals surface area contributed by atoms with E-state index in [4.69, 9.17) is 15.1 Å². The molecule has 5 heteroatoms. The van der Waals surface area contributed by atoms with Gasteiger partial charge in [-0.05, 0) is 25.1 Å². The Morgan fingerprint density at radius 2 is 2.33 bits per heavy atom. The summed E-state index contributed by atoms with van der Waals surface area (Å²) in [5.74, 6) is -0.734. The molecule has 15 heavy (non-hydrogen) atoms. The zero-order valence-electron chi connectivity index (χ0n) is 7.97. The fourth-order valence-corrected chi connectivity index (χ4v) is 1.15. The van der Waals surface area contributed by atoms with Gasteiger partial charge in [0.1, 0.15) is 17.3 Å². The molecule has 1 aromatic rings. The molecule has 0 heterocycles. The molecule has 0 aliphatic heterocycles. The summed E-state index contributed by atoms with van der Waals surface area (Å²) in [4.78, 5) is 10.6. The molecular weight excluding hydrogens is 214 g/mol. The molecule has 0 spiro atoms. The van der Waals surface area contributed by atoms with Gasteiger partial charge in [-0.3, -0.25) is 0 Å². The molecule has 0 saturated carbocycles. The summed E-state index contributed by atoms with van der Waals surface area (Å²) in [6.45, 7) is 1.70. The average Bonchev–Trinajstić information content (AvgIpc) is 2.17. The van der Waals surface area contributed by atoms with Gasteiger partial charge in [-0.2, -0.15) is 5.26 Å². The van der Waals surface area contributed by atoms with Crippen molar-refractivity contribution in [3.63, 3.8) is 0 Å². The van der Waals surface area contributed by atoms with Crippen molar-refractivity contribution in [3.05, 3.63) is 29.3 Å². The van der Waals surface area contributed by atoms with E-state index in [-0.39, 0.29) is 16.6 Å². The van der Waals surface area contributed by atoms with Crippen LogP contribution >= 0.6 is 12.6 Å². The van der Waals surface area contributed by atoms with Crippen LogP contribution in [0.4, 0.5) is 0 Å². The zero-order valence-corrected chi connectivity index (χ0v) is 8.86. The maximum absolute atomic E-state index is 10.6. The molecule has 0 fully saturated rings. The van der Waals surface area contributed by atoms with E-state index in [1.165, 1.54) is 18.2 Å². The normalized spacial score (nSPS) is 11.5. The van der Waals surface area contributed by atoms with Crippen LogP contribution in [-0.4, -0.2) is 16.5 Å². The van der Waals surface area contributed by atoms with Gasteiger partial charge >= 0.3 is 5.97 Å². The second kappa shape index (κ2) is 4.71. The first-order valence-corrected chi connectivity index (χ1v) is 4.68. The van der Waals surface area contributed by atoms with Crippen molar-refractivity contribution in [3.8, 4) is 11.8 Å². The smallest absolute Gasteiger partial charge is 0.335 e. The third-order valence-corrected chi connectivity index (χ3v) is 1.75. The molecule has 0 amide bonds. The van der Waals surface area contributed by atoms with Crippen LogP contribution in [-0.2, 0) is 0 Å². The molecule has 0 aliphatic carbocycles. The number of benzene rings is 1. The lowest BCUT2D eigenvalue weighted by Crippen LogP contribution is -2.05. The Balaban J connectivity index is 3.11. The fourth-order valence-electron chi connectivity index (χ4n) is 1.04. The van der Waals surface area contributed by atoms with E-state index >= 15 is 0 Å². The largest absolute Gasteiger partial charge is 0.479 e. The van der Waals surface area contributed by atoms with Gasteiger partial charge in [0.2, 0.25) is 0 Å². The van der Waals surface area contributed by atoms with E-state index in [0.29, 0.717) is 5.75 Å². The monoisotopic (exact) mass is 223 g/mol. The van der Waals surface area contributed by atoms with Gasteiger partial charge in [-0.1, -0.05) is 0 Å². The third kappa shape index (κ3) is 2.89. The summed E-state index contributed by atoms with van der Waals surface area (Å²) in [5.41, 5.74) is -0.103. The van der Waals surface area contributed by atoms with E-state index in [1.807, 2.05) is 6.07 Å². The Morgan fingerprint density at radius 3 is 2.80 bits per heavy atom. The Bertz CT molecular complexity index is 423. The van der Waals surface area contributed by atoms with Crippen LogP contribution in [0.15, 0.2) is 18.2 Å². The molecule has 1 atom stereocenters. The Hall–Kier alpha value is -1.67. The van der Waals surface area contributed by atoms with Gasteiger partial charge in [-0.25, -0.2) is 4.79 Å². The number of nitriles is 1. The van der Waals surface area contributed by atoms with E-state index in [2.05, 4.69) is 12.6 Å². The number of hydrogen-bond donors (Lipinski definition) is 2. The van der Waals surface area contributed by atoms with Gasteiger partial charge in [0, 0.05) is 0 Å².